The summed E-state index contributed by atoms with van der Waals surface area (Å²) in [5, 5.41) is 7.53. The molecule has 0 aliphatic rings. The lowest BCUT2D eigenvalue weighted by Gasteiger charge is -2.11. The maximum Gasteiger partial charge on any atom is 0.213 e. The minimum absolute atomic E-state index is 0.494. The Morgan fingerprint density at radius 1 is 1.17 bits per heavy atom. The second kappa shape index (κ2) is 9.84. The summed E-state index contributed by atoms with van der Waals surface area (Å²) in [6, 6.07) is 3.82. The smallest absolute Gasteiger partial charge is 0.213 e. The predicted octanol–water partition coefficient (Wildman–Crippen LogP) is 1.74. The van der Waals surface area contributed by atoms with Crippen LogP contribution in [0.15, 0.2) is 29.5 Å². The Kier molecular flexibility index (Phi) is 7.44. The van der Waals surface area contributed by atoms with Crippen molar-refractivity contribution in [2.24, 2.45) is 4.99 Å². The average molecular weight is 349 g/mol. The number of nitrogens with one attached hydrogen (secondary N) is 2. The molecule has 2 heterocycles. The SMILES string of the molecule is CN=C(NCc1ccc(OCCOC)nc1)NCc1ncc(C)s1. The lowest BCUT2D eigenvalue weighted by molar-refractivity contribution is 0.143. The van der Waals surface area contributed by atoms with Crippen LogP contribution in [0.4, 0.5) is 0 Å². The normalized spacial score (nSPS) is 11.4. The summed E-state index contributed by atoms with van der Waals surface area (Å²) in [5.41, 5.74) is 1.04. The quantitative estimate of drug-likeness (QED) is 0.429. The fourth-order valence-electron chi connectivity index (χ4n) is 1.88. The van der Waals surface area contributed by atoms with Crippen LogP contribution in [0, 0.1) is 6.92 Å². The maximum atomic E-state index is 5.44. The van der Waals surface area contributed by atoms with E-state index in [9.17, 15) is 0 Å². The zero-order chi connectivity index (χ0) is 17.2. The number of aryl methyl sites for hydroxylation is 1. The van der Waals surface area contributed by atoms with E-state index in [0.29, 0.717) is 32.2 Å². The van der Waals surface area contributed by atoms with Crippen LogP contribution in [0.5, 0.6) is 5.88 Å². The molecule has 2 aromatic rings. The molecular formula is C16H23N5O2S. The number of guanidine groups is 1. The van der Waals surface area contributed by atoms with Crippen LogP contribution in [0.25, 0.3) is 0 Å². The highest BCUT2D eigenvalue weighted by Crippen LogP contribution is 2.10. The molecule has 0 spiro atoms. The first-order valence-electron chi connectivity index (χ1n) is 7.63. The third kappa shape index (κ3) is 6.13. The van der Waals surface area contributed by atoms with Crippen LogP contribution in [0.3, 0.4) is 0 Å². The Morgan fingerprint density at radius 3 is 2.62 bits per heavy atom. The first kappa shape index (κ1) is 18.2. The second-order valence-corrected chi connectivity index (χ2v) is 6.31. The molecule has 0 unspecified atom stereocenters. The lowest BCUT2D eigenvalue weighted by Crippen LogP contribution is -2.36. The van der Waals surface area contributed by atoms with E-state index < -0.39 is 0 Å². The molecule has 0 aliphatic carbocycles. The Labute approximate surface area is 146 Å². The van der Waals surface area contributed by atoms with E-state index >= 15 is 0 Å². The van der Waals surface area contributed by atoms with Gasteiger partial charge in [0.2, 0.25) is 5.88 Å². The van der Waals surface area contributed by atoms with Gasteiger partial charge in [-0.15, -0.1) is 11.3 Å². The molecule has 0 amide bonds. The van der Waals surface area contributed by atoms with Gasteiger partial charge in [-0.2, -0.15) is 0 Å². The van der Waals surface area contributed by atoms with E-state index in [-0.39, 0.29) is 0 Å². The van der Waals surface area contributed by atoms with Crippen molar-refractivity contribution in [2.45, 2.75) is 20.0 Å². The molecule has 0 radical (unpaired) electrons. The summed E-state index contributed by atoms with van der Waals surface area (Å²) in [6.45, 7) is 4.37. The molecule has 7 nitrogen and oxygen atoms in total. The minimum atomic E-state index is 0.494. The first-order valence-corrected chi connectivity index (χ1v) is 8.45. The molecule has 2 aromatic heterocycles. The molecule has 24 heavy (non-hydrogen) atoms. The predicted molar refractivity (Wildman–Crippen MR) is 95.5 cm³/mol. The summed E-state index contributed by atoms with van der Waals surface area (Å²) < 4.78 is 10.4. The van der Waals surface area contributed by atoms with Crippen molar-refractivity contribution in [3.05, 3.63) is 40.0 Å². The third-order valence-electron chi connectivity index (χ3n) is 3.09. The largest absolute Gasteiger partial charge is 0.475 e. The van der Waals surface area contributed by atoms with E-state index in [0.717, 1.165) is 16.5 Å². The molecule has 8 heteroatoms. The number of hydrogen-bond acceptors (Lipinski definition) is 6. The van der Waals surface area contributed by atoms with E-state index in [2.05, 4.69) is 25.6 Å². The molecule has 2 N–H and O–H groups in total. The van der Waals surface area contributed by atoms with Crippen molar-refractivity contribution in [2.75, 3.05) is 27.4 Å². The van der Waals surface area contributed by atoms with Crippen molar-refractivity contribution in [1.82, 2.24) is 20.6 Å². The Morgan fingerprint density at radius 2 is 2.00 bits per heavy atom. The van der Waals surface area contributed by atoms with Crippen LogP contribution >= 0.6 is 11.3 Å². The van der Waals surface area contributed by atoms with Crippen LogP contribution in [-0.4, -0.2) is 43.3 Å². The molecule has 0 saturated heterocycles. The number of ether oxygens (including phenoxy) is 2. The highest BCUT2D eigenvalue weighted by Gasteiger charge is 2.03. The van der Waals surface area contributed by atoms with Crippen molar-refractivity contribution >= 4 is 17.3 Å². The number of aliphatic imine (C=N–C) groups is 1. The summed E-state index contributed by atoms with van der Waals surface area (Å²) in [4.78, 5) is 14.0. The summed E-state index contributed by atoms with van der Waals surface area (Å²) in [7, 11) is 3.38. The second-order valence-electron chi connectivity index (χ2n) is 4.99. The third-order valence-corrected chi connectivity index (χ3v) is 4.01. The van der Waals surface area contributed by atoms with Gasteiger partial charge < -0.3 is 20.1 Å². The van der Waals surface area contributed by atoms with Gasteiger partial charge in [-0.3, -0.25) is 4.99 Å². The van der Waals surface area contributed by atoms with Crippen LogP contribution in [0.1, 0.15) is 15.4 Å². The maximum absolute atomic E-state index is 5.44. The van der Waals surface area contributed by atoms with Crippen LogP contribution in [-0.2, 0) is 17.8 Å². The van der Waals surface area contributed by atoms with Crippen molar-refractivity contribution in [3.63, 3.8) is 0 Å². The van der Waals surface area contributed by atoms with Crippen molar-refractivity contribution < 1.29 is 9.47 Å². The first-order chi connectivity index (χ1) is 11.7. The minimum Gasteiger partial charge on any atom is -0.475 e. The number of nitrogens with zero attached hydrogens (tertiary/aromatic N) is 3. The topological polar surface area (TPSA) is 80.7 Å². The Hall–Kier alpha value is -2.19. The van der Waals surface area contributed by atoms with Gasteiger partial charge in [0.15, 0.2) is 5.96 Å². The van der Waals surface area contributed by atoms with Gasteiger partial charge >= 0.3 is 0 Å². The Balaban J connectivity index is 1.76. The van der Waals surface area contributed by atoms with E-state index in [1.165, 1.54) is 4.88 Å². The van der Waals surface area contributed by atoms with E-state index in [4.69, 9.17) is 9.47 Å². The molecular weight excluding hydrogens is 326 g/mol. The Bertz CT molecular complexity index is 642. The van der Waals surface area contributed by atoms with Crippen molar-refractivity contribution in [3.8, 4) is 5.88 Å². The zero-order valence-corrected chi connectivity index (χ0v) is 15.0. The summed E-state index contributed by atoms with van der Waals surface area (Å²) in [6.07, 6.45) is 3.66. The molecule has 130 valence electrons. The van der Waals surface area contributed by atoms with E-state index in [1.54, 1.807) is 31.7 Å². The molecule has 0 saturated carbocycles. The molecule has 0 bridgehead atoms. The van der Waals surface area contributed by atoms with E-state index in [1.807, 2.05) is 25.3 Å². The highest BCUT2D eigenvalue weighted by atomic mass is 32.1. The molecule has 0 atom stereocenters. The molecule has 0 aromatic carbocycles. The fraction of sp³-hybridized carbons (Fsp3) is 0.438. The van der Waals surface area contributed by atoms with Crippen molar-refractivity contribution in [1.29, 1.82) is 0 Å². The summed E-state index contributed by atoms with van der Waals surface area (Å²) in [5.74, 6) is 1.32. The highest BCUT2D eigenvalue weighted by molar-refractivity contribution is 7.11. The van der Waals surface area contributed by atoms with Gasteiger partial charge in [0, 0.05) is 44.0 Å². The monoisotopic (exact) mass is 349 g/mol. The summed E-state index contributed by atoms with van der Waals surface area (Å²) >= 11 is 1.68. The number of rotatable bonds is 8. The zero-order valence-electron chi connectivity index (χ0n) is 14.2. The number of hydrogen-bond donors (Lipinski definition) is 2. The standard InChI is InChI=1S/C16H23N5O2S/c1-12-8-19-15(24-12)11-21-16(17-2)20-10-13-4-5-14(18-9-13)23-7-6-22-3/h4-5,8-9H,6-7,10-11H2,1-3H3,(H2,17,20,21). The lowest BCUT2D eigenvalue weighted by atomic mass is 10.3. The van der Waals surface area contributed by atoms with Crippen LogP contribution < -0.4 is 15.4 Å². The van der Waals surface area contributed by atoms with Gasteiger partial charge in [0.05, 0.1) is 13.2 Å². The number of pyridine rings is 1. The number of methoxy groups -OCH3 is 1. The van der Waals surface area contributed by atoms with Gasteiger partial charge in [-0.25, -0.2) is 9.97 Å². The van der Waals surface area contributed by atoms with Gasteiger partial charge in [0.25, 0.3) is 0 Å². The number of aromatic nitrogens is 2. The molecule has 0 fully saturated rings. The molecule has 2 rings (SSSR count). The average Bonchev–Trinajstić information content (AvgIpc) is 3.02. The van der Waals surface area contributed by atoms with Crippen LogP contribution in [0.2, 0.25) is 0 Å². The fourth-order valence-corrected chi connectivity index (χ4v) is 2.61. The number of thiazole rings is 1. The van der Waals surface area contributed by atoms with Gasteiger partial charge in [-0.05, 0) is 12.5 Å². The van der Waals surface area contributed by atoms with Gasteiger partial charge in [0.1, 0.15) is 11.6 Å². The molecule has 0 aliphatic heterocycles. The van der Waals surface area contributed by atoms with Gasteiger partial charge in [-0.1, -0.05) is 6.07 Å².